The fourth-order valence-electron chi connectivity index (χ4n) is 3.65. The van der Waals surface area contributed by atoms with Gasteiger partial charge in [0.2, 0.25) is 5.95 Å². The van der Waals surface area contributed by atoms with Gasteiger partial charge in [0, 0.05) is 48.4 Å². The van der Waals surface area contributed by atoms with Crippen LogP contribution in [0, 0.1) is 11.3 Å². The molecule has 0 unspecified atom stereocenters. The molecule has 2 heterocycles. The second-order valence-corrected chi connectivity index (χ2v) is 7.49. The van der Waals surface area contributed by atoms with Crippen molar-refractivity contribution in [1.82, 2.24) is 14.9 Å². The molecular weight excluding hydrogens is 420 g/mol. The second kappa shape index (κ2) is 9.87. The normalized spacial score (nSPS) is 12.7. The molecule has 2 N–H and O–H groups in total. The Hall–Kier alpha value is -4.32. The number of carbonyl (C=O) groups is 1. The van der Waals surface area contributed by atoms with Crippen molar-refractivity contribution >= 4 is 23.4 Å². The van der Waals surface area contributed by atoms with Crippen LogP contribution in [0.1, 0.15) is 18.4 Å². The Bertz CT molecular complexity index is 1200. The molecule has 0 saturated carbocycles. The average Bonchev–Trinajstić information content (AvgIpc) is 3.39. The van der Waals surface area contributed by atoms with Crippen LogP contribution in [-0.2, 0) is 0 Å². The third kappa shape index (κ3) is 5.13. The van der Waals surface area contributed by atoms with Crippen molar-refractivity contribution < 1.29 is 14.3 Å². The number of carbonyl (C=O) groups excluding carboxylic acids is 1. The van der Waals surface area contributed by atoms with Crippen LogP contribution in [0.5, 0.6) is 11.5 Å². The van der Waals surface area contributed by atoms with E-state index < -0.39 is 0 Å². The van der Waals surface area contributed by atoms with E-state index in [0.29, 0.717) is 40.1 Å². The number of nitriles is 1. The Morgan fingerprint density at radius 3 is 2.58 bits per heavy atom. The molecule has 0 bridgehead atoms. The molecule has 1 aliphatic rings. The maximum absolute atomic E-state index is 12.5. The van der Waals surface area contributed by atoms with Crippen LogP contribution in [-0.4, -0.2) is 48.2 Å². The van der Waals surface area contributed by atoms with Crippen LogP contribution in [0.15, 0.2) is 48.7 Å². The zero-order chi connectivity index (χ0) is 23.2. The van der Waals surface area contributed by atoms with Gasteiger partial charge in [0.05, 0.1) is 25.5 Å². The molecule has 0 radical (unpaired) electrons. The summed E-state index contributed by atoms with van der Waals surface area (Å²) in [4.78, 5) is 23.1. The molecule has 1 aliphatic heterocycles. The highest BCUT2D eigenvalue weighted by molar-refractivity contribution is 5.90. The van der Waals surface area contributed by atoms with Crippen LogP contribution >= 0.6 is 0 Å². The summed E-state index contributed by atoms with van der Waals surface area (Å²) in [6.07, 6.45) is 3.68. The quantitative estimate of drug-likeness (QED) is 0.579. The van der Waals surface area contributed by atoms with Gasteiger partial charge in [-0.2, -0.15) is 5.26 Å². The lowest BCUT2D eigenvalue weighted by Gasteiger charge is -2.17. The smallest absolute Gasteiger partial charge is 0.321 e. The summed E-state index contributed by atoms with van der Waals surface area (Å²) in [5, 5.41) is 15.5. The molecule has 1 aromatic heterocycles. The fraction of sp³-hybridized carbons (Fsp3) is 0.250. The van der Waals surface area contributed by atoms with Crippen molar-refractivity contribution in [3.63, 3.8) is 0 Å². The van der Waals surface area contributed by atoms with Crippen LogP contribution in [0.2, 0.25) is 0 Å². The van der Waals surface area contributed by atoms with Gasteiger partial charge in [0.1, 0.15) is 17.6 Å². The van der Waals surface area contributed by atoms with Gasteiger partial charge >= 0.3 is 6.03 Å². The zero-order valence-corrected chi connectivity index (χ0v) is 18.5. The number of anilines is 3. The molecule has 1 saturated heterocycles. The third-order valence-corrected chi connectivity index (χ3v) is 5.31. The molecule has 1 fully saturated rings. The van der Waals surface area contributed by atoms with Gasteiger partial charge in [-0.3, -0.25) is 0 Å². The van der Waals surface area contributed by atoms with E-state index in [9.17, 15) is 10.1 Å². The number of benzene rings is 2. The van der Waals surface area contributed by atoms with E-state index in [1.807, 2.05) is 6.07 Å². The minimum Gasteiger partial charge on any atom is -0.497 e. The van der Waals surface area contributed by atoms with Crippen molar-refractivity contribution in [2.75, 3.05) is 37.9 Å². The van der Waals surface area contributed by atoms with E-state index in [4.69, 9.17) is 9.47 Å². The van der Waals surface area contributed by atoms with E-state index in [0.717, 1.165) is 31.5 Å². The monoisotopic (exact) mass is 444 g/mol. The molecule has 2 amide bonds. The maximum Gasteiger partial charge on any atom is 0.321 e. The molecule has 0 atom stereocenters. The standard InChI is InChI=1S/C24H24N6O3/c1-32-20-13-18(12-19(14-20)28-24(31)30-9-3-4-10-30)27-23-26-8-7-21(29-23)16-5-6-22(33-2)17(11-16)15-25/h5-8,11-14H,3-4,9-10H2,1-2H3,(H,28,31)(H,26,27,29). The second-order valence-electron chi connectivity index (χ2n) is 7.49. The van der Waals surface area contributed by atoms with Crippen LogP contribution < -0.4 is 20.1 Å². The van der Waals surface area contributed by atoms with Crippen molar-refractivity contribution in [3.8, 4) is 28.8 Å². The first-order valence-corrected chi connectivity index (χ1v) is 10.5. The summed E-state index contributed by atoms with van der Waals surface area (Å²) >= 11 is 0. The predicted molar refractivity (Wildman–Crippen MR) is 125 cm³/mol. The van der Waals surface area contributed by atoms with Crippen molar-refractivity contribution in [3.05, 3.63) is 54.2 Å². The van der Waals surface area contributed by atoms with E-state index in [1.165, 1.54) is 7.11 Å². The van der Waals surface area contributed by atoms with Gasteiger partial charge in [-0.25, -0.2) is 14.8 Å². The number of likely N-dealkylation sites (tertiary alicyclic amines) is 1. The Labute approximate surface area is 192 Å². The van der Waals surface area contributed by atoms with E-state index in [-0.39, 0.29) is 6.03 Å². The van der Waals surface area contributed by atoms with Crippen molar-refractivity contribution in [1.29, 1.82) is 5.26 Å². The highest BCUT2D eigenvalue weighted by Crippen LogP contribution is 2.28. The Balaban J connectivity index is 1.56. The van der Waals surface area contributed by atoms with Crippen LogP contribution in [0.3, 0.4) is 0 Å². The molecule has 0 spiro atoms. The maximum atomic E-state index is 12.5. The lowest BCUT2D eigenvalue weighted by Crippen LogP contribution is -2.32. The third-order valence-electron chi connectivity index (χ3n) is 5.31. The predicted octanol–water partition coefficient (Wildman–Crippen LogP) is 4.40. The van der Waals surface area contributed by atoms with Crippen LogP contribution in [0.4, 0.5) is 22.1 Å². The molecule has 0 aliphatic carbocycles. The van der Waals surface area contributed by atoms with E-state index in [2.05, 4.69) is 26.7 Å². The highest BCUT2D eigenvalue weighted by Gasteiger charge is 2.18. The molecule has 2 aromatic carbocycles. The van der Waals surface area contributed by atoms with Gasteiger partial charge in [0.15, 0.2) is 0 Å². The van der Waals surface area contributed by atoms with Crippen molar-refractivity contribution in [2.45, 2.75) is 12.8 Å². The summed E-state index contributed by atoms with van der Waals surface area (Å²) < 4.78 is 10.6. The minimum atomic E-state index is -0.127. The summed E-state index contributed by atoms with van der Waals surface area (Å²) in [5.41, 5.74) is 3.11. The van der Waals surface area contributed by atoms with Crippen LogP contribution in [0.25, 0.3) is 11.3 Å². The number of hydrogen-bond acceptors (Lipinski definition) is 7. The Kier molecular flexibility index (Phi) is 6.55. The number of hydrogen-bond donors (Lipinski definition) is 2. The zero-order valence-electron chi connectivity index (χ0n) is 18.5. The number of nitrogens with one attached hydrogen (secondary N) is 2. The van der Waals surface area contributed by atoms with Gasteiger partial charge in [-0.1, -0.05) is 0 Å². The number of aromatic nitrogens is 2. The highest BCUT2D eigenvalue weighted by atomic mass is 16.5. The molecular formula is C24H24N6O3. The van der Waals surface area contributed by atoms with Crippen molar-refractivity contribution in [2.24, 2.45) is 0 Å². The first kappa shape index (κ1) is 21.9. The molecule has 4 rings (SSSR count). The number of methoxy groups -OCH3 is 2. The first-order valence-electron chi connectivity index (χ1n) is 10.5. The SMILES string of the molecule is COc1cc(NC(=O)N2CCCC2)cc(Nc2nccc(-c3ccc(OC)c(C#N)c3)n2)c1. The van der Waals surface area contributed by atoms with E-state index >= 15 is 0 Å². The van der Waals surface area contributed by atoms with Gasteiger partial charge in [-0.15, -0.1) is 0 Å². The first-order chi connectivity index (χ1) is 16.1. The largest absolute Gasteiger partial charge is 0.497 e. The number of amides is 2. The molecule has 3 aromatic rings. The number of urea groups is 1. The van der Waals surface area contributed by atoms with Gasteiger partial charge in [-0.05, 0) is 43.2 Å². The molecule has 9 nitrogen and oxygen atoms in total. The topological polar surface area (TPSA) is 112 Å². The summed E-state index contributed by atoms with van der Waals surface area (Å²) in [6.45, 7) is 1.53. The Morgan fingerprint density at radius 1 is 1.06 bits per heavy atom. The number of ether oxygens (including phenoxy) is 2. The molecule has 9 heteroatoms. The lowest BCUT2D eigenvalue weighted by molar-refractivity contribution is 0.222. The summed E-state index contributed by atoms with van der Waals surface area (Å²) in [5.74, 6) is 1.46. The summed E-state index contributed by atoms with van der Waals surface area (Å²) in [7, 11) is 3.09. The minimum absolute atomic E-state index is 0.127. The van der Waals surface area contributed by atoms with Gasteiger partial charge < -0.3 is 25.0 Å². The summed E-state index contributed by atoms with van der Waals surface area (Å²) in [6, 6.07) is 14.4. The molecule has 168 valence electrons. The molecule has 33 heavy (non-hydrogen) atoms. The van der Waals surface area contributed by atoms with Gasteiger partial charge in [0.25, 0.3) is 0 Å². The van der Waals surface area contributed by atoms with E-state index in [1.54, 1.807) is 54.6 Å². The Morgan fingerprint density at radius 2 is 1.85 bits per heavy atom. The fourth-order valence-corrected chi connectivity index (χ4v) is 3.65. The number of nitrogens with zero attached hydrogens (tertiary/aromatic N) is 4. The number of rotatable bonds is 6. The average molecular weight is 444 g/mol. The lowest BCUT2D eigenvalue weighted by atomic mass is 10.1.